The Kier molecular flexibility index (Phi) is 3.56. The van der Waals surface area contributed by atoms with Crippen LogP contribution in [0.4, 0.5) is 5.69 Å². The van der Waals surface area contributed by atoms with Crippen LogP contribution in [0, 0.1) is 10.1 Å². The minimum absolute atomic E-state index is 0.0499. The van der Waals surface area contributed by atoms with Gasteiger partial charge in [-0.25, -0.2) is 4.79 Å². The van der Waals surface area contributed by atoms with Gasteiger partial charge in [0.1, 0.15) is 0 Å². The number of hydrogen-bond donors (Lipinski definition) is 1. The Morgan fingerprint density at radius 1 is 0.950 bits per heavy atom. The molecule has 100 valence electrons. The second-order valence-corrected chi connectivity index (χ2v) is 3.98. The Morgan fingerprint density at radius 2 is 1.50 bits per heavy atom. The summed E-state index contributed by atoms with van der Waals surface area (Å²) in [6.07, 6.45) is 0. The van der Waals surface area contributed by atoms with Gasteiger partial charge in [0.25, 0.3) is 5.69 Å². The molecule has 0 radical (unpaired) electrons. The molecule has 0 aromatic heterocycles. The minimum Gasteiger partial charge on any atom is -0.478 e. The number of nitro groups is 1. The summed E-state index contributed by atoms with van der Waals surface area (Å²) < 4.78 is 0. The molecule has 0 unspecified atom stereocenters. The highest BCUT2D eigenvalue weighted by atomic mass is 16.6. The van der Waals surface area contributed by atoms with Gasteiger partial charge in [-0.05, 0) is 18.2 Å². The van der Waals surface area contributed by atoms with Crippen LogP contribution in [-0.4, -0.2) is 21.8 Å². The minimum atomic E-state index is -1.20. The third-order valence-electron chi connectivity index (χ3n) is 2.74. The standard InChI is InChI=1S/C14H9NO5/c16-13(9-5-7-10(8-6-9)15(19)20)11-3-1-2-4-12(11)14(17)18/h1-8H,(H,17,18). The molecule has 2 aromatic carbocycles. The first-order valence-corrected chi connectivity index (χ1v) is 5.62. The number of non-ortho nitro benzene ring substituents is 1. The molecule has 0 fully saturated rings. The smallest absolute Gasteiger partial charge is 0.336 e. The van der Waals surface area contributed by atoms with E-state index in [-0.39, 0.29) is 22.4 Å². The van der Waals surface area contributed by atoms with E-state index in [0.29, 0.717) is 0 Å². The first-order valence-electron chi connectivity index (χ1n) is 5.62. The normalized spacial score (nSPS) is 10.0. The fourth-order valence-electron chi connectivity index (χ4n) is 1.76. The maximum atomic E-state index is 12.2. The number of carboxylic acids is 1. The third-order valence-corrected chi connectivity index (χ3v) is 2.74. The number of ketones is 1. The molecule has 6 heteroatoms. The molecule has 2 aromatic rings. The molecule has 0 atom stereocenters. The van der Waals surface area contributed by atoms with E-state index < -0.39 is 16.7 Å². The zero-order valence-electron chi connectivity index (χ0n) is 10.1. The Morgan fingerprint density at radius 3 is 2.00 bits per heavy atom. The van der Waals surface area contributed by atoms with Crippen molar-refractivity contribution in [3.05, 3.63) is 75.3 Å². The van der Waals surface area contributed by atoms with Gasteiger partial charge >= 0.3 is 5.97 Å². The van der Waals surface area contributed by atoms with Crippen LogP contribution in [0.1, 0.15) is 26.3 Å². The number of carboxylic acid groups (broad SMARTS) is 1. The SMILES string of the molecule is O=C(O)c1ccccc1C(=O)c1ccc([N+](=O)[O-])cc1. The molecular weight excluding hydrogens is 262 g/mol. The molecule has 0 aliphatic heterocycles. The molecular formula is C14H9NO5. The molecule has 1 N–H and O–H groups in total. The maximum Gasteiger partial charge on any atom is 0.336 e. The van der Waals surface area contributed by atoms with Crippen LogP contribution in [0.15, 0.2) is 48.5 Å². The van der Waals surface area contributed by atoms with E-state index in [0.717, 1.165) is 0 Å². The Balaban J connectivity index is 2.41. The predicted molar refractivity (Wildman–Crippen MR) is 69.9 cm³/mol. The molecule has 0 spiro atoms. The van der Waals surface area contributed by atoms with Gasteiger partial charge in [-0.3, -0.25) is 14.9 Å². The highest BCUT2D eigenvalue weighted by Gasteiger charge is 2.17. The summed E-state index contributed by atoms with van der Waals surface area (Å²) in [7, 11) is 0. The average molecular weight is 271 g/mol. The van der Waals surface area contributed by atoms with E-state index in [2.05, 4.69) is 0 Å². The number of rotatable bonds is 4. The number of carbonyl (C=O) groups excluding carboxylic acids is 1. The zero-order chi connectivity index (χ0) is 14.7. The van der Waals surface area contributed by atoms with E-state index >= 15 is 0 Å². The molecule has 0 aliphatic rings. The fourth-order valence-corrected chi connectivity index (χ4v) is 1.76. The number of hydrogen-bond acceptors (Lipinski definition) is 4. The molecule has 20 heavy (non-hydrogen) atoms. The lowest BCUT2D eigenvalue weighted by Gasteiger charge is -2.04. The fraction of sp³-hybridized carbons (Fsp3) is 0. The number of nitro benzene ring substituents is 1. The van der Waals surface area contributed by atoms with Crippen molar-refractivity contribution < 1.29 is 19.6 Å². The topological polar surface area (TPSA) is 97.5 Å². The van der Waals surface area contributed by atoms with Crippen LogP contribution < -0.4 is 0 Å². The Bertz CT molecular complexity index is 691. The highest BCUT2D eigenvalue weighted by molar-refractivity contribution is 6.14. The van der Waals surface area contributed by atoms with Crippen LogP contribution >= 0.6 is 0 Å². The number of nitrogens with zero attached hydrogens (tertiary/aromatic N) is 1. The summed E-state index contributed by atoms with van der Waals surface area (Å²) in [5.74, 6) is -1.69. The van der Waals surface area contributed by atoms with E-state index in [1.54, 1.807) is 6.07 Å². The van der Waals surface area contributed by atoms with Gasteiger partial charge < -0.3 is 5.11 Å². The summed E-state index contributed by atoms with van der Waals surface area (Å²) in [5, 5.41) is 19.6. The van der Waals surface area contributed by atoms with Gasteiger partial charge in [-0.2, -0.15) is 0 Å². The monoisotopic (exact) mass is 271 g/mol. The zero-order valence-corrected chi connectivity index (χ0v) is 10.1. The summed E-state index contributed by atoms with van der Waals surface area (Å²) >= 11 is 0. The third kappa shape index (κ3) is 2.54. The van der Waals surface area contributed by atoms with Crippen LogP contribution in [-0.2, 0) is 0 Å². The molecule has 0 heterocycles. The molecule has 6 nitrogen and oxygen atoms in total. The van der Waals surface area contributed by atoms with E-state index in [9.17, 15) is 19.7 Å². The summed E-state index contributed by atoms with van der Waals surface area (Å²) in [6, 6.07) is 10.8. The van der Waals surface area contributed by atoms with Crippen molar-refractivity contribution in [1.29, 1.82) is 0 Å². The van der Waals surface area contributed by atoms with Crippen LogP contribution in [0.2, 0.25) is 0 Å². The van der Waals surface area contributed by atoms with E-state index in [1.807, 2.05) is 0 Å². The second kappa shape index (κ2) is 5.31. The Hall–Kier alpha value is -3.02. The van der Waals surface area contributed by atoms with Crippen molar-refractivity contribution in [2.24, 2.45) is 0 Å². The summed E-state index contributed by atoms with van der Waals surface area (Å²) in [5.41, 5.74) is 0.0158. The lowest BCUT2D eigenvalue weighted by Crippen LogP contribution is -2.09. The van der Waals surface area contributed by atoms with Gasteiger partial charge in [0.2, 0.25) is 0 Å². The maximum absolute atomic E-state index is 12.2. The van der Waals surface area contributed by atoms with E-state index in [4.69, 9.17) is 5.11 Å². The first-order chi connectivity index (χ1) is 9.50. The second-order valence-electron chi connectivity index (χ2n) is 3.98. The molecule has 0 bridgehead atoms. The van der Waals surface area contributed by atoms with E-state index in [1.165, 1.54) is 42.5 Å². The highest BCUT2D eigenvalue weighted by Crippen LogP contribution is 2.17. The lowest BCUT2D eigenvalue weighted by molar-refractivity contribution is -0.384. The average Bonchev–Trinajstić information content (AvgIpc) is 2.46. The quantitative estimate of drug-likeness (QED) is 0.523. The first kappa shape index (κ1) is 13.4. The largest absolute Gasteiger partial charge is 0.478 e. The van der Waals surface area contributed by atoms with Crippen LogP contribution in [0.5, 0.6) is 0 Å². The summed E-state index contributed by atoms with van der Waals surface area (Å²) in [6.45, 7) is 0. The predicted octanol–water partition coefficient (Wildman–Crippen LogP) is 2.52. The molecule has 0 aliphatic carbocycles. The van der Waals surface area contributed by atoms with Crippen LogP contribution in [0.3, 0.4) is 0 Å². The Labute approximate surface area is 113 Å². The molecule has 0 saturated carbocycles. The van der Waals surface area contributed by atoms with Crippen molar-refractivity contribution in [2.45, 2.75) is 0 Å². The van der Waals surface area contributed by atoms with Crippen molar-refractivity contribution in [1.82, 2.24) is 0 Å². The van der Waals surface area contributed by atoms with Crippen molar-refractivity contribution in [2.75, 3.05) is 0 Å². The van der Waals surface area contributed by atoms with Crippen molar-refractivity contribution in [3.63, 3.8) is 0 Å². The van der Waals surface area contributed by atoms with Gasteiger partial charge in [0.05, 0.1) is 10.5 Å². The summed E-state index contributed by atoms with van der Waals surface area (Å²) in [4.78, 5) is 33.2. The number of benzene rings is 2. The lowest BCUT2D eigenvalue weighted by atomic mass is 9.98. The van der Waals surface area contributed by atoms with Crippen molar-refractivity contribution in [3.8, 4) is 0 Å². The van der Waals surface area contributed by atoms with Crippen molar-refractivity contribution >= 4 is 17.4 Å². The molecule has 0 amide bonds. The van der Waals surface area contributed by atoms with Gasteiger partial charge in [0.15, 0.2) is 5.78 Å². The van der Waals surface area contributed by atoms with Gasteiger partial charge in [0, 0.05) is 23.3 Å². The van der Waals surface area contributed by atoms with Gasteiger partial charge in [-0.15, -0.1) is 0 Å². The number of carbonyl (C=O) groups is 2. The molecule has 0 saturated heterocycles. The van der Waals surface area contributed by atoms with Crippen LogP contribution in [0.25, 0.3) is 0 Å². The number of aromatic carboxylic acids is 1. The molecule has 2 rings (SSSR count). The van der Waals surface area contributed by atoms with Gasteiger partial charge in [-0.1, -0.05) is 18.2 Å².